The summed E-state index contributed by atoms with van der Waals surface area (Å²) < 4.78 is 2.64. The second-order valence-electron chi connectivity index (χ2n) is 4.69. The Morgan fingerprint density at radius 3 is 2.86 bits per heavy atom. The zero-order chi connectivity index (χ0) is 15.2. The summed E-state index contributed by atoms with van der Waals surface area (Å²) in [4.78, 5) is 11.5. The summed E-state index contributed by atoms with van der Waals surface area (Å²) in [5, 5.41) is 10.2. The first-order chi connectivity index (χ1) is 10.2. The Morgan fingerprint density at radius 1 is 1.38 bits per heavy atom. The first-order valence-corrected chi connectivity index (χ1v) is 7.72. The van der Waals surface area contributed by atoms with E-state index in [4.69, 9.17) is 0 Å². The summed E-state index contributed by atoms with van der Waals surface area (Å²) in [6, 6.07) is 7.82. The highest BCUT2D eigenvalue weighted by molar-refractivity contribution is 9.10. The molecule has 0 aliphatic carbocycles. The van der Waals surface area contributed by atoms with E-state index in [1.807, 2.05) is 6.07 Å². The van der Waals surface area contributed by atoms with Gasteiger partial charge in [0.2, 0.25) is 0 Å². The van der Waals surface area contributed by atoms with Gasteiger partial charge in [-0.2, -0.15) is 5.10 Å². The molecular formula is C15H19BrN4O. The maximum atomic E-state index is 11.5. The van der Waals surface area contributed by atoms with Crippen LogP contribution in [0.4, 0.5) is 0 Å². The molecule has 0 bridgehead atoms. The highest BCUT2D eigenvalue weighted by atomic mass is 79.9. The maximum absolute atomic E-state index is 11.5. The monoisotopic (exact) mass is 350 g/mol. The molecule has 0 radical (unpaired) electrons. The fourth-order valence-corrected chi connectivity index (χ4v) is 2.57. The Morgan fingerprint density at radius 2 is 2.19 bits per heavy atom. The van der Waals surface area contributed by atoms with Gasteiger partial charge in [0, 0.05) is 24.3 Å². The number of halogens is 1. The van der Waals surface area contributed by atoms with Gasteiger partial charge in [-0.1, -0.05) is 13.0 Å². The molecule has 2 rings (SSSR count). The van der Waals surface area contributed by atoms with Crippen molar-refractivity contribution < 1.29 is 4.79 Å². The van der Waals surface area contributed by atoms with Crippen molar-refractivity contribution in [2.75, 3.05) is 13.6 Å². The van der Waals surface area contributed by atoms with Crippen LogP contribution < -0.4 is 10.6 Å². The van der Waals surface area contributed by atoms with Crippen molar-refractivity contribution in [3.63, 3.8) is 0 Å². The van der Waals surface area contributed by atoms with E-state index < -0.39 is 0 Å². The Hall–Kier alpha value is -1.66. The topological polar surface area (TPSA) is 59.0 Å². The van der Waals surface area contributed by atoms with Gasteiger partial charge >= 0.3 is 0 Å². The molecule has 1 aromatic heterocycles. The van der Waals surface area contributed by atoms with E-state index in [0.29, 0.717) is 5.69 Å². The molecule has 2 aromatic rings. The molecule has 1 aromatic carbocycles. The zero-order valence-electron chi connectivity index (χ0n) is 12.2. The predicted octanol–water partition coefficient (Wildman–Crippen LogP) is 2.49. The van der Waals surface area contributed by atoms with Crippen molar-refractivity contribution in [2.24, 2.45) is 0 Å². The minimum Gasteiger partial charge on any atom is -0.354 e. The maximum Gasteiger partial charge on any atom is 0.271 e. The number of rotatable bonds is 6. The van der Waals surface area contributed by atoms with Crippen LogP contribution in [0, 0.1) is 0 Å². The number of carbonyl (C=O) groups excluding carboxylic acids is 1. The summed E-state index contributed by atoms with van der Waals surface area (Å²) in [6.45, 7) is 4.00. The second-order valence-corrected chi connectivity index (χ2v) is 5.54. The second kappa shape index (κ2) is 7.38. The molecule has 112 valence electrons. The van der Waals surface area contributed by atoms with Crippen LogP contribution in [0.3, 0.4) is 0 Å². The Kier molecular flexibility index (Phi) is 5.52. The van der Waals surface area contributed by atoms with Crippen LogP contribution in [0.25, 0.3) is 5.69 Å². The number of hydrogen-bond acceptors (Lipinski definition) is 3. The Bertz CT molecular complexity index is 624. The van der Waals surface area contributed by atoms with Crippen LogP contribution in [0.1, 0.15) is 29.4 Å². The van der Waals surface area contributed by atoms with Gasteiger partial charge in [-0.25, -0.2) is 4.68 Å². The molecule has 21 heavy (non-hydrogen) atoms. The van der Waals surface area contributed by atoms with E-state index >= 15 is 0 Å². The van der Waals surface area contributed by atoms with Crippen molar-refractivity contribution in [1.82, 2.24) is 20.4 Å². The number of benzene rings is 1. The van der Waals surface area contributed by atoms with E-state index in [2.05, 4.69) is 50.7 Å². The van der Waals surface area contributed by atoms with Crippen molar-refractivity contribution in [1.29, 1.82) is 0 Å². The lowest BCUT2D eigenvalue weighted by Crippen LogP contribution is -2.18. The number of nitrogens with one attached hydrogen (secondary N) is 2. The molecule has 0 spiro atoms. The normalized spacial score (nSPS) is 10.6. The largest absolute Gasteiger partial charge is 0.354 e. The van der Waals surface area contributed by atoms with E-state index in [0.717, 1.165) is 29.7 Å². The first-order valence-electron chi connectivity index (χ1n) is 6.93. The molecule has 0 aliphatic heterocycles. The molecular weight excluding hydrogens is 332 g/mol. The van der Waals surface area contributed by atoms with Gasteiger partial charge in [-0.05, 0) is 52.7 Å². The van der Waals surface area contributed by atoms with Crippen molar-refractivity contribution in [2.45, 2.75) is 19.9 Å². The number of aromatic nitrogens is 2. The number of amides is 1. The van der Waals surface area contributed by atoms with Crippen LogP contribution in [0.2, 0.25) is 0 Å². The third-order valence-electron chi connectivity index (χ3n) is 3.06. The number of carbonyl (C=O) groups is 1. The van der Waals surface area contributed by atoms with Gasteiger partial charge < -0.3 is 10.6 Å². The fourth-order valence-electron chi connectivity index (χ4n) is 1.96. The fraction of sp³-hybridized carbons (Fsp3) is 0.333. The molecule has 6 heteroatoms. The third kappa shape index (κ3) is 3.92. The van der Waals surface area contributed by atoms with Gasteiger partial charge in [0.25, 0.3) is 5.91 Å². The Labute approximate surface area is 132 Å². The quantitative estimate of drug-likeness (QED) is 0.787. The van der Waals surface area contributed by atoms with Crippen LogP contribution >= 0.6 is 15.9 Å². The minimum absolute atomic E-state index is 0.190. The molecule has 0 unspecified atom stereocenters. The molecule has 1 heterocycles. The van der Waals surface area contributed by atoms with Crippen LogP contribution in [0.15, 0.2) is 34.9 Å². The first kappa shape index (κ1) is 15.7. The summed E-state index contributed by atoms with van der Waals surface area (Å²) in [5.74, 6) is -0.190. The van der Waals surface area contributed by atoms with E-state index in [9.17, 15) is 4.79 Å². The lowest BCUT2D eigenvalue weighted by Gasteiger charge is -2.08. The van der Waals surface area contributed by atoms with Gasteiger partial charge in [0.1, 0.15) is 0 Å². The summed E-state index contributed by atoms with van der Waals surface area (Å²) in [6.07, 6.45) is 2.90. The molecule has 0 saturated heterocycles. The van der Waals surface area contributed by atoms with Crippen LogP contribution in [0.5, 0.6) is 0 Å². The lowest BCUT2D eigenvalue weighted by atomic mass is 10.2. The SMILES string of the molecule is CCCNCc1ccc(-n2ccc(C(=O)NC)n2)c(Br)c1. The van der Waals surface area contributed by atoms with Crippen molar-refractivity contribution in [3.05, 3.63) is 46.2 Å². The summed E-state index contributed by atoms with van der Waals surface area (Å²) in [7, 11) is 1.59. The third-order valence-corrected chi connectivity index (χ3v) is 3.70. The number of nitrogens with zero attached hydrogens (tertiary/aromatic N) is 2. The lowest BCUT2D eigenvalue weighted by molar-refractivity contribution is 0.0957. The van der Waals surface area contributed by atoms with E-state index in [1.165, 1.54) is 5.56 Å². The molecule has 0 fully saturated rings. The summed E-state index contributed by atoms with van der Waals surface area (Å²) in [5.41, 5.74) is 2.51. The minimum atomic E-state index is -0.190. The van der Waals surface area contributed by atoms with E-state index in [1.54, 1.807) is 24.0 Å². The predicted molar refractivity (Wildman–Crippen MR) is 86.7 cm³/mol. The highest BCUT2D eigenvalue weighted by Crippen LogP contribution is 2.22. The van der Waals surface area contributed by atoms with Crippen molar-refractivity contribution >= 4 is 21.8 Å². The van der Waals surface area contributed by atoms with E-state index in [-0.39, 0.29) is 5.91 Å². The summed E-state index contributed by atoms with van der Waals surface area (Å²) >= 11 is 3.57. The van der Waals surface area contributed by atoms with Gasteiger partial charge in [0.15, 0.2) is 5.69 Å². The molecule has 1 amide bonds. The smallest absolute Gasteiger partial charge is 0.271 e. The molecule has 5 nitrogen and oxygen atoms in total. The van der Waals surface area contributed by atoms with Gasteiger partial charge in [0.05, 0.1) is 5.69 Å². The molecule has 2 N–H and O–H groups in total. The molecule has 0 saturated carbocycles. The van der Waals surface area contributed by atoms with Gasteiger partial charge in [-0.3, -0.25) is 4.79 Å². The van der Waals surface area contributed by atoms with Crippen molar-refractivity contribution in [3.8, 4) is 5.69 Å². The van der Waals surface area contributed by atoms with Gasteiger partial charge in [-0.15, -0.1) is 0 Å². The highest BCUT2D eigenvalue weighted by Gasteiger charge is 2.10. The van der Waals surface area contributed by atoms with Crippen LogP contribution in [-0.4, -0.2) is 29.3 Å². The Balaban J connectivity index is 2.17. The standard InChI is InChI=1S/C15H19BrN4O/c1-3-7-18-10-11-4-5-14(12(16)9-11)20-8-6-13(19-20)15(21)17-2/h4-6,8-9,18H,3,7,10H2,1-2H3,(H,17,21). The average Bonchev–Trinajstić information content (AvgIpc) is 2.96. The number of hydrogen-bond donors (Lipinski definition) is 2. The molecule has 0 aliphatic rings. The molecule has 0 atom stereocenters. The average molecular weight is 351 g/mol. The zero-order valence-corrected chi connectivity index (χ0v) is 13.8. The van der Waals surface area contributed by atoms with Crippen LogP contribution in [-0.2, 0) is 6.54 Å².